The van der Waals surface area contributed by atoms with Crippen molar-refractivity contribution in [3.63, 3.8) is 0 Å². The summed E-state index contributed by atoms with van der Waals surface area (Å²) in [6.45, 7) is 2.00. The van der Waals surface area contributed by atoms with Crippen LogP contribution in [0.4, 0.5) is 11.4 Å². The van der Waals surface area contributed by atoms with Crippen LogP contribution in [0.1, 0.15) is 22.8 Å². The highest BCUT2D eigenvalue weighted by Crippen LogP contribution is 2.30. The molecule has 2 N–H and O–H groups in total. The molecule has 0 bridgehead atoms. The van der Waals surface area contributed by atoms with Gasteiger partial charge in [-0.25, -0.2) is 8.42 Å². The predicted octanol–water partition coefficient (Wildman–Crippen LogP) is 3.71. The lowest BCUT2D eigenvalue weighted by Gasteiger charge is -2.12. The van der Waals surface area contributed by atoms with Crippen molar-refractivity contribution in [3.8, 4) is 11.5 Å². The van der Waals surface area contributed by atoms with Crippen LogP contribution in [0, 0.1) is 0 Å². The zero-order valence-electron chi connectivity index (χ0n) is 17.4. The Bertz CT molecular complexity index is 1200. The number of carbonyl (C=O) groups excluding carboxylic acids is 1. The Morgan fingerprint density at radius 3 is 2.45 bits per heavy atom. The fourth-order valence-electron chi connectivity index (χ4n) is 2.96. The third-order valence-corrected chi connectivity index (χ3v) is 5.94. The Hall–Kier alpha value is -3.59. The first-order valence-electron chi connectivity index (χ1n) is 9.47. The fourth-order valence-corrected chi connectivity index (χ4v) is 4.01. The quantitative estimate of drug-likeness (QED) is 0.552. The summed E-state index contributed by atoms with van der Waals surface area (Å²) in [6.07, 6.45) is 3.47. The Morgan fingerprint density at radius 2 is 1.74 bits per heavy atom. The zero-order chi connectivity index (χ0) is 22.4. The molecule has 1 heterocycles. The average Bonchev–Trinajstić information content (AvgIpc) is 2.78. The maximum Gasteiger partial charge on any atom is 0.262 e. The number of benzene rings is 2. The minimum absolute atomic E-state index is 0.0168. The van der Waals surface area contributed by atoms with Crippen molar-refractivity contribution in [2.24, 2.45) is 0 Å². The van der Waals surface area contributed by atoms with Gasteiger partial charge in [-0.3, -0.25) is 14.5 Å². The summed E-state index contributed by atoms with van der Waals surface area (Å²) in [6, 6.07) is 13.2. The number of hydrogen-bond acceptors (Lipinski definition) is 6. The highest BCUT2D eigenvalue weighted by Gasteiger charge is 2.18. The van der Waals surface area contributed by atoms with E-state index < -0.39 is 10.0 Å². The van der Waals surface area contributed by atoms with Gasteiger partial charge in [0.05, 0.1) is 36.6 Å². The van der Waals surface area contributed by atoms with Crippen LogP contribution >= 0.6 is 0 Å². The Morgan fingerprint density at radius 1 is 1.00 bits per heavy atom. The number of aromatic nitrogens is 1. The third-order valence-electron chi connectivity index (χ3n) is 4.56. The van der Waals surface area contributed by atoms with Crippen molar-refractivity contribution in [1.29, 1.82) is 0 Å². The lowest BCUT2D eigenvalue weighted by atomic mass is 10.1. The van der Waals surface area contributed by atoms with Crippen molar-refractivity contribution in [2.75, 3.05) is 24.3 Å². The van der Waals surface area contributed by atoms with E-state index in [0.29, 0.717) is 11.4 Å². The molecule has 1 aromatic heterocycles. The number of ether oxygens (including phenoxy) is 2. The van der Waals surface area contributed by atoms with Crippen LogP contribution in [-0.4, -0.2) is 33.5 Å². The summed E-state index contributed by atoms with van der Waals surface area (Å²) in [5.74, 6) is 0.306. The predicted molar refractivity (Wildman–Crippen MR) is 118 cm³/mol. The molecule has 1 amide bonds. The van der Waals surface area contributed by atoms with E-state index >= 15 is 0 Å². The van der Waals surface area contributed by atoms with Crippen LogP contribution in [-0.2, 0) is 16.4 Å². The van der Waals surface area contributed by atoms with E-state index in [1.807, 2.05) is 31.2 Å². The average molecular weight is 442 g/mol. The monoisotopic (exact) mass is 441 g/mol. The molecule has 31 heavy (non-hydrogen) atoms. The zero-order valence-corrected chi connectivity index (χ0v) is 18.2. The summed E-state index contributed by atoms with van der Waals surface area (Å²) in [4.78, 5) is 16.6. The van der Waals surface area contributed by atoms with Gasteiger partial charge < -0.3 is 14.8 Å². The lowest BCUT2D eigenvalue weighted by molar-refractivity contribution is 0.102. The number of anilines is 2. The van der Waals surface area contributed by atoms with Gasteiger partial charge in [-0.1, -0.05) is 25.1 Å². The number of carbonyl (C=O) groups is 1. The van der Waals surface area contributed by atoms with Gasteiger partial charge in [0.1, 0.15) is 0 Å². The van der Waals surface area contributed by atoms with Crippen LogP contribution in [0.2, 0.25) is 0 Å². The highest BCUT2D eigenvalue weighted by atomic mass is 32.2. The molecule has 2 aromatic carbocycles. The van der Waals surface area contributed by atoms with Crippen molar-refractivity contribution < 1.29 is 22.7 Å². The largest absolute Gasteiger partial charge is 0.493 e. The molecular formula is C22H23N3O5S. The van der Waals surface area contributed by atoms with Crippen molar-refractivity contribution in [3.05, 3.63) is 72.1 Å². The second-order valence-corrected chi connectivity index (χ2v) is 8.23. The van der Waals surface area contributed by atoms with Crippen molar-refractivity contribution in [2.45, 2.75) is 18.2 Å². The Labute approximate surface area is 181 Å². The van der Waals surface area contributed by atoms with Gasteiger partial charge in [-0.15, -0.1) is 0 Å². The van der Waals surface area contributed by atoms with E-state index in [1.54, 1.807) is 0 Å². The highest BCUT2D eigenvalue weighted by molar-refractivity contribution is 7.92. The third kappa shape index (κ3) is 5.13. The first-order chi connectivity index (χ1) is 14.9. The molecule has 0 atom stereocenters. The second-order valence-electron chi connectivity index (χ2n) is 6.55. The number of amides is 1. The number of rotatable bonds is 8. The van der Waals surface area contributed by atoms with Gasteiger partial charge in [0.2, 0.25) is 0 Å². The van der Waals surface area contributed by atoms with Crippen molar-refractivity contribution in [1.82, 2.24) is 4.98 Å². The number of hydrogen-bond donors (Lipinski definition) is 2. The van der Waals surface area contributed by atoms with Crippen LogP contribution in [0.3, 0.4) is 0 Å². The summed E-state index contributed by atoms with van der Waals surface area (Å²) >= 11 is 0. The summed E-state index contributed by atoms with van der Waals surface area (Å²) < 4.78 is 38.3. The second kappa shape index (κ2) is 9.48. The molecule has 0 spiro atoms. The van der Waals surface area contributed by atoms with Gasteiger partial charge in [0.15, 0.2) is 11.5 Å². The molecular weight excluding hydrogens is 418 g/mol. The number of methoxy groups -OCH3 is 2. The molecule has 0 aliphatic carbocycles. The lowest BCUT2D eigenvalue weighted by Crippen LogP contribution is -2.16. The molecule has 0 unspecified atom stereocenters. The van der Waals surface area contributed by atoms with E-state index in [-0.39, 0.29) is 27.8 Å². The standard InChI is InChI=1S/C22H23N3O5S/c1-4-15-7-5-6-8-19(15)24-22(26)16-11-17(14-23-13-16)25-31(27,28)18-9-10-20(29-2)21(12-18)30-3/h5-14,25H,4H2,1-3H3,(H,24,26). The van der Waals surface area contributed by atoms with Gasteiger partial charge >= 0.3 is 0 Å². The van der Waals surface area contributed by atoms with E-state index in [2.05, 4.69) is 15.0 Å². The van der Waals surface area contributed by atoms with Crippen LogP contribution in [0.15, 0.2) is 65.8 Å². The van der Waals surface area contributed by atoms with E-state index in [4.69, 9.17) is 9.47 Å². The SMILES string of the molecule is CCc1ccccc1NC(=O)c1cncc(NS(=O)(=O)c2ccc(OC)c(OC)c2)c1. The number of sulfonamides is 1. The minimum Gasteiger partial charge on any atom is -0.493 e. The number of pyridine rings is 1. The topological polar surface area (TPSA) is 107 Å². The molecule has 0 saturated carbocycles. The minimum atomic E-state index is -3.94. The molecule has 0 fully saturated rings. The van der Waals surface area contributed by atoms with Crippen LogP contribution < -0.4 is 19.5 Å². The van der Waals surface area contributed by atoms with Gasteiger partial charge in [-0.05, 0) is 36.2 Å². The van der Waals surface area contributed by atoms with Crippen LogP contribution in [0.25, 0.3) is 0 Å². The molecule has 0 aliphatic rings. The summed E-state index contributed by atoms with van der Waals surface area (Å²) in [5, 5.41) is 2.84. The first-order valence-corrected chi connectivity index (χ1v) is 11.0. The Kier molecular flexibility index (Phi) is 6.76. The molecule has 3 rings (SSSR count). The van der Waals surface area contributed by atoms with Gasteiger partial charge in [0, 0.05) is 18.0 Å². The van der Waals surface area contributed by atoms with Gasteiger partial charge in [0.25, 0.3) is 15.9 Å². The molecule has 0 saturated heterocycles. The molecule has 162 valence electrons. The number of nitrogens with zero attached hydrogens (tertiary/aromatic N) is 1. The summed E-state index contributed by atoms with van der Waals surface area (Å²) in [5.41, 5.74) is 2.07. The van der Waals surface area contributed by atoms with Crippen LogP contribution in [0.5, 0.6) is 11.5 Å². The van der Waals surface area contributed by atoms with E-state index in [9.17, 15) is 13.2 Å². The smallest absolute Gasteiger partial charge is 0.262 e. The summed E-state index contributed by atoms with van der Waals surface area (Å²) in [7, 11) is -1.06. The van der Waals surface area contributed by atoms with Crippen molar-refractivity contribution >= 4 is 27.3 Å². The maximum atomic E-state index is 12.8. The normalized spacial score (nSPS) is 10.9. The number of para-hydroxylation sites is 1. The molecule has 8 nitrogen and oxygen atoms in total. The van der Waals surface area contributed by atoms with E-state index in [1.165, 1.54) is 50.9 Å². The fraction of sp³-hybridized carbons (Fsp3) is 0.182. The van der Waals surface area contributed by atoms with Gasteiger partial charge in [-0.2, -0.15) is 0 Å². The number of aryl methyl sites for hydroxylation is 1. The molecule has 3 aromatic rings. The number of nitrogens with one attached hydrogen (secondary N) is 2. The molecule has 9 heteroatoms. The molecule has 0 radical (unpaired) electrons. The Balaban J connectivity index is 1.82. The van der Waals surface area contributed by atoms with E-state index in [0.717, 1.165) is 12.0 Å². The maximum absolute atomic E-state index is 12.8. The molecule has 0 aliphatic heterocycles. The first kappa shape index (κ1) is 22.1.